The minimum atomic E-state index is -1.42. The third-order valence-corrected chi connectivity index (χ3v) is 7.45. The van der Waals surface area contributed by atoms with Crippen LogP contribution < -0.4 is 5.19 Å². The van der Waals surface area contributed by atoms with Gasteiger partial charge in [-0.2, -0.15) is 0 Å². The highest BCUT2D eigenvalue weighted by Crippen LogP contribution is 2.12. The van der Waals surface area contributed by atoms with E-state index in [2.05, 4.69) is 62.7 Å². The molecule has 1 aromatic carbocycles. The van der Waals surface area contributed by atoms with E-state index >= 15 is 0 Å². The van der Waals surface area contributed by atoms with Crippen LogP contribution in [0.2, 0.25) is 13.1 Å². The minimum absolute atomic E-state index is 1.16. The van der Waals surface area contributed by atoms with Crippen molar-refractivity contribution in [3.05, 3.63) is 29.8 Å². The first kappa shape index (κ1) is 12.5. The van der Waals surface area contributed by atoms with Gasteiger partial charge >= 0.3 is 0 Å². The van der Waals surface area contributed by atoms with E-state index in [9.17, 15) is 0 Å². The second-order valence-corrected chi connectivity index (χ2v) is 8.84. The van der Waals surface area contributed by atoms with Gasteiger partial charge in [0, 0.05) is 0 Å². The number of rotatable bonds is 4. The van der Waals surface area contributed by atoms with Gasteiger partial charge in [-0.1, -0.05) is 56.8 Å². The Kier molecular flexibility index (Phi) is 4.11. The normalized spacial score (nSPS) is 12.1. The second-order valence-electron chi connectivity index (χ2n) is 4.55. The van der Waals surface area contributed by atoms with Crippen LogP contribution in [0.5, 0.6) is 0 Å². The Balaban J connectivity index is 3.09. The summed E-state index contributed by atoms with van der Waals surface area (Å²) in [5.74, 6) is 0. The fourth-order valence-corrected chi connectivity index (χ4v) is 5.92. The van der Waals surface area contributed by atoms with Crippen molar-refractivity contribution in [1.29, 1.82) is 0 Å². The summed E-state index contributed by atoms with van der Waals surface area (Å²) in [5, 5.41) is 1.58. The van der Waals surface area contributed by atoms with Gasteiger partial charge < -0.3 is 4.57 Å². The summed E-state index contributed by atoms with van der Waals surface area (Å²) < 4.78 is 2.63. The van der Waals surface area contributed by atoms with Gasteiger partial charge in [0.2, 0.25) is 0 Å². The number of benzene rings is 1. The fourth-order valence-electron chi connectivity index (χ4n) is 2.44. The van der Waals surface area contributed by atoms with E-state index in [0.29, 0.717) is 0 Å². The first-order valence-electron chi connectivity index (χ1n) is 5.85. The Bertz CT molecular complexity index is 316. The summed E-state index contributed by atoms with van der Waals surface area (Å²) in [6, 6.07) is 8.83. The second kappa shape index (κ2) is 4.95. The van der Waals surface area contributed by atoms with E-state index in [1.807, 2.05) is 0 Å². The maximum absolute atomic E-state index is 2.63. The molecule has 15 heavy (non-hydrogen) atoms. The lowest BCUT2D eigenvalue weighted by molar-refractivity contribution is 0.474. The largest absolute Gasteiger partial charge is 0.321 e. The fraction of sp³-hybridized carbons (Fsp3) is 0.538. The summed E-state index contributed by atoms with van der Waals surface area (Å²) >= 11 is 0. The smallest absolute Gasteiger partial charge is 0.154 e. The van der Waals surface area contributed by atoms with Crippen molar-refractivity contribution in [2.24, 2.45) is 0 Å². The third kappa shape index (κ3) is 2.50. The minimum Gasteiger partial charge on any atom is -0.321 e. The van der Waals surface area contributed by atoms with E-state index in [4.69, 9.17) is 0 Å². The van der Waals surface area contributed by atoms with Crippen LogP contribution in [0.15, 0.2) is 24.3 Å². The first-order valence-corrected chi connectivity index (χ1v) is 8.79. The van der Waals surface area contributed by atoms with Crippen LogP contribution in [0.4, 0.5) is 0 Å². The summed E-state index contributed by atoms with van der Waals surface area (Å²) in [6.45, 7) is 14.0. The number of hydrogen-bond acceptors (Lipinski definition) is 1. The molecule has 0 amide bonds. The zero-order valence-corrected chi connectivity index (χ0v) is 11.7. The Morgan fingerprint density at radius 1 is 1.07 bits per heavy atom. The molecule has 0 N–H and O–H groups in total. The number of nitrogens with zero attached hydrogens (tertiary/aromatic N) is 1. The molecule has 0 aliphatic heterocycles. The summed E-state index contributed by atoms with van der Waals surface area (Å²) in [6.07, 6.45) is 0. The lowest BCUT2D eigenvalue weighted by Crippen LogP contribution is -2.58. The summed E-state index contributed by atoms with van der Waals surface area (Å²) in [4.78, 5) is 0. The van der Waals surface area contributed by atoms with Gasteiger partial charge in [-0.25, -0.2) is 0 Å². The molecule has 0 radical (unpaired) electrons. The average molecular weight is 221 g/mol. The molecular weight excluding hydrogens is 198 g/mol. The van der Waals surface area contributed by atoms with Crippen molar-refractivity contribution in [2.75, 3.05) is 13.1 Å². The maximum atomic E-state index is 2.63. The topological polar surface area (TPSA) is 3.24 Å². The van der Waals surface area contributed by atoms with Gasteiger partial charge in [-0.3, -0.25) is 0 Å². The van der Waals surface area contributed by atoms with Crippen molar-refractivity contribution in [2.45, 2.75) is 33.9 Å². The number of aryl methyl sites for hydroxylation is 1. The quantitative estimate of drug-likeness (QED) is 0.707. The van der Waals surface area contributed by atoms with Crippen LogP contribution in [-0.2, 0) is 0 Å². The Labute approximate surface area is 95.2 Å². The highest BCUT2D eigenvalue weighted by atomic mass is 28.3. The van der Waals surface area contributed by atoms with E-state index in [1.54, 1.807) is 5.19 Å². The molecule has 0 unspecified atom stereocenters. The van der Waals surface area contributed by atoms with Crippen LogP contribution in [-0.4, -0.2) is 25.9 Å². The molecule has 0 heterocycles. The van der Waals surface area contributed by atoms with Crippen LogP contribution in [0.25, 0.3) is 0 Å². The van der Waals surface area contributed by atoms with Crippen molar-refractivity contribution < 1.29 is 0 Å². The van der Waals surface area contributed by atoms with Crippen molar-refractivity contribution >= 4 is 13.4 Å². The zero-order chi connectivity index (χ0) is 11.5. The molecule has 1 rings (SSSR count). The molecule has 0 spiro atoms. The van der Waals surface area contributed by atoms with E-state index in [-0.39, 0.29) is 0 Å². The van der Waals surface area contributed by atoms with Crippen LogP contribution in [0.1, 0.15) is 19.4 Å². The van der Waals surface area contributed by atoms with Crippen molar-refractivity contribution in [1.82, 2.24) is 4.57 Å². The van der Waals surface area contributed by atoms with E-state index in [1.165, 1.54) is 5.56 Å². The molecule has 2 heteroatoms. The molecule has 0 aromatic heterocycles. The van der Waals surface area contributed by atoms with Gasteiger partial charge in [0.25, 0.3) is 0 Å². The van der Waals surface area contributed by atoms with E-state index in [0.717, 1.165) is 13.1 Å². The van der Waals surface area contributed by atoms with Gasteiger partial charge in [0.15, 0.2) is 8.24 Å². The predicted octanol–water partition coefficient (Wildman–Crippen LogP) is 2.75. The van der Waals surface area contributed by atoms with Gasteiger partial charge in [0.05, 0.1) is 0 Å². The predicted molar refractivity (Wildman–Crippen MR) is 71.2 cm³/mol. The zero-order valence-electron chi connectivity index (χ0n) is 10.7. The van der Waals surface area contributed by atoms with Crippen LogP contribution in [0.3, 0.4) is 0 Å². The molecule has 0 saturated heterocycles. The molecule has 0 aliphatic rings. The standard InChI is InChI=1S/C13H23NSi/c1-6-14(7-2)15(4,5)13-11-9-8-10-12(13)3/h8-11H,6-7H2,1-5H3. The van der Waals surface area contributed by atoms with Crippen molar-refractivity contribution in [3.8, 4) is 0 Å². The van der Waals surface area contributed by atoms with Crippen LogP contribution in [0, 0.1) is 6.92 Å². The summed E-state index contributed by atoms with van der Waals surface area (Å²) in [5.41, 5.74) is 1.45. The van der Waals surface area contributed by atoms with Gasteiger partial charge in [0.1, 0.15) is 0 Å². The van der Waals surface area contributed by atoms with Crippen molar-refractivity contribution in [3.63, 3.8) is 0 Å². The highest BCUT2D eigenvalue weighted by Gasteiger charge is 2.30. The third-order valence-electron chi connectivity index (χ3n) is 3.36. The SMILES string of the molecule is CCN(CC)[Si](C)(C)c1ccccc1C. The van der Waals surface area contributed by atoms with E-state index < -0.39 is 8.24 Å². The summed E-state index contributed by atoms with van der Waals surface area (Å²) in [7, 11) is -1.42. The van der Waals surface area contributed by atoms with Gasteiger partial charge in [-0.05, 0) is 25.2 Å². The Morgan fingerprint density at radius 2 is 1.60 bits per heavy atom. The maximum Gasteiger partial charge on any atom is 0.154 e. The highest BCUT2D eigenvalue weighted by molar-refractivity contribution is 6.87. The van der Waals surface area contributed by atoms with Crippen LogP contribution >= 0.6 is 0 Å². The molecule has 0 aliphatic carbocycles. The monoisotopic (exact) mass is 221 g/mol. The molecule has 84 valence electrons. The van der Waals surface area contributed by atoms with Gasteiger partial charge in [-0.15, -0.1) is 0 Å². The Morgan fingerprint density at radius 3 is 2.07 bits per heavy atom. The lowest BCUT2D eigenvalue weighted by Gasteiger charge is -2.36. The molecule has 0 saturated carbocycles. The molecule has 0 bridgehead atoms. The first-order chi connectivity index (χ1) is 7.04. The average Bonchev–Trinajstić information content (AvgIpc) is 2.19. The molecule has 0 fully saturated rings. The molecular formula is C13H23NSi. The Hall–Kier alpha value is -0.603. The molecule has 0 atom stereocenters. The lowest BCUT2D eigenvalue weighted by atomic mass is 10.2. The number of hydrogen-bond donors (Lipinski definition) is 0. The molecule has 1 aromatic rings. The molecule has 1 nitrogen and oxygen atoms in total.